The zero-order valence-electron chi connectivity index (χ0n) is 13.6. The second-order valence-corrected chi connectivity index (χ2v) is 6.67. The lowest BCUT2D eigenvalue weighted by molar-refractivity contribution is 0.477. The van der Waals surface area contributed by atoms with Gasteiger partial charge >= 0.3 is 0 Å². The maximum Gasteiger partial charge on any atom is 0.0945 e. The van der Waals surface area contributed by atoms with Crippen LogP contribution in [0.5, 0.6) is 0 Å². The summed E-state index contributed by atoms with van der Waals surface area (Å²) in [5.41, 5.74) is 2.93. The van der Waals surface area contributed by atoms with Crippen molar-refractivity contribution in [1.82, 2.24) is 9.55 Å². The largest absolute Gasteiger partial charge is 0.337 e. The molecule has 2 nitrogen and oxygen atoms in total. The Bertz CT molecular complexity index is 497. The molecule has 0 radical (unpaired) electrons. The Morgan fingerprint density at radius 2 is 1.67 bits per heavy atom. The average molecular weight is 284 g/mol. The molecular weight excluding hydrogens is 256 g/mol. The number of aryl methyl sites for hydroxylation is 1. The van der Waals surface area contributed by atoms with Gasteiger partial charge in [0.1, 0.15) is 0 Å². The van der Waals surface area contributed by atoms with Gasteiger partial charge in [0.15, 0.2) is 0 Å². The first-order chi connectivity index (χ1) is 10.1. The molecule has 0 fully saturated rings. The lowest BCUT2D eigenvalue weighted by atomic mass is 9.95. The summed E-state index contributed by atoms with van der Waals surface area (Å²) in [5, 5.41) is 0. The normalized spacial score (nSPS) is 12.8. The van der Waals surface area contributed by atoms with Gasteiger partial charge in [-0.3, -0.25) is 0 Å². The minimum atomic E-state index is 0.734. The third kappa shape index (κ3) is 5.74. The zero-order chi connectivity index (χ0) is 15.1. The van der Waals surface area contributed by atoms with Crippen LogP contribution in [0.3, 0.4) is 0 Å². The van der Waals surface area contributed by atoms with E-state index in [1.807, 2.05) is 18.7 Å². The Labute approximate surface area is 129 Å². The Morgan fingerprint density at radius 1 is 1.00 bits per heavy atom. The van der Waals surface area contributed by atoms with Crippen molar-refractivity contribution < 1.29 is 0 Å². The Kier molecular flexibility index (Phi) is 6.04. The van der Waals surface area contributed by atoms with Gasteiger partial charge in [-0.2, -0.15) is 0 Å². The number of hydrogen-bond donors (Lipinski definition) is 0. The molecule has 0 aliphatic rings. The molecule has 0 amide bonds. The molecule has 1 atom stereocenters. The molecule has 2 heteroatoms. The SMILES string of the molecule is CC(C)Cc1ccc(CC(C)CCCn2ccnc2)cc1. The van der Waals surface area contributed by atoms with E-state index in [2.05, 4.69) is 54.6 Å². The summed E-state index contributed by atoms with van der Waals surface area (Å²) in [6, 6.07) is 9.22. The number of rotatable bonds is 8. The van der Waals surface area contributed by atoms with Crippen molar-refractivity contribution in [2.75, 3.05) is 0 Å². The standard InChI is InChI=1S/C19H28N2/c1-16(2)13-18-6-8-19(9-7-18)14-17(3)5-4-11-21-12-10-20-15-21/h6-10,12,15-17H,4-5,11,13-14H2,1-3H3. The number of imidazole rings is 1. The van der Waals surface area contributed by atoms with Crippen molar-refractivity contribution in [2.24, 2.45) is 11.8 Å². The minimum Gasteiger partial charge on any atom is -0.337 e. The van der Waals surface area contributed by atoms with E-state index < -0.39 is 0 Å². The van der Waals surface area contributed by atoms with Crippen molar-refractivity contribution in [3.63, 3.8) is 0 Å². The summed E-state index contributed by atoms with van der Waals surface area (Å²) in [7, 11) is 0. The number of nitrogens with zero attached hydrogens (tertiary/aromatic N) is 2. The first kappa shape index (κ1) is 15.8. The summed E-state index contributed by atoms with van der Waals surface area (Å²) >= 11 is 0. The van der Waals surface area contributed by atoms with Gasteiger partial charge in [0.2, 0.25) is 0 Å². The highest BCUT2D eigenvalue weighted by molar-refractivity contribution is 5.23. The van der Waals surface area contributed by atoms with E-state index in [9.17, 15) is 0 Å². The van der Waals surface area contributed by atoms with Crippen LogP contribution in [0.4, 0.5) is 0 Å². The van der Waals surface area contributed by atoms with Gasteiger partial charge < -0.3 is 4.57 Å². The van der Waals surface area contributed by atoms with Crippen LogP contribution < -0.4 is 0 Å². The summed E-state index contributed by atoms with van der Waals surface area (Å²) < 4.78 is 2.16. The second kappa shape index (κ2) is 8.02. The van der Waals surface area contributed by atoms with Crippen LogP contribution in [0.2, 0.25) is 0 Å². The fraction of sp³-hybridized carbons (Fsp3) is 0.526. The molecule has 0 saturated heterocycles. The second-order valence-electron chi connectivity index (χ2n) is 6.67. The van der Waals surface area contributed by atoms with E-state index in [0.29, 0.717) is 0 Å². The van der Waals surface area contributed by atoms with E-state index in [1.54, 1.807) is 0 Å². The third-order valence-corrected chi connectivity index (χ3v) is 3.92. The highest BCUT2D eigenvalue weighted by atomic mass is 15.0. The highest BCUT2D eigenvalue weighted by Crippen LogP contribution is 2.16. The van der Waals surface area contributed by atoms with E-state index in [-0.39, 0.29) is 0 Å². The van der Waals surface area contributed by atoms with Gasteiger partial charge in [0.05, 0.1) is 6.33 Å². The molecule has 0 aliphatic carbocycles. The molecule has 1 aromatic heterocycles. The lowest BCUT2D eigenvalue weighted by Gasteiger charge is -2.12. The molecule has 1 unspecified atom stereocenters. The summed E-state index contributed by atoms with van der Waals surface area (Å²) in [5.74, 6) is 1.47. The van der Waals surface area contributed by atoms with Gasteiger partial charge in [-0.15, -0.1) is 0 Å². The van der Waals surface area contributed by atoms with Gasteiger partial charge in [0, 0.05) is 18.9 Å². The van der Waals surface area contributed by atoms with E-state index in [1.165, 1.54) is 36.8 Å². The molecule has 21 heavy (non-hydrogen) atoms. The van der Waals surface area contributed by atoms with E-state index in [4.69, 9.17) is 0 Å². The molecule has 2 rings (SSSR count). The number of aromatic nitrogens is 2. The number of benzene rings is 1. The maximum atomic E-state index is 4.08. The van der Waals surface area contributed by atoms with Crippen LogP contribution in [0.1, 0.15) is 44.7 Å². The number of hydrogen-bond acceptors (Lipinski definition) is 1. The molecule has 0 aliphatic heterocycles. The summed E-state index contributed by atoms with van der Waals surface area (Å²) in [4.78, 5) is 4.08. The van der Waals surface area contributed by atoms with Gasteiger partial charge in [-0.1, -0.05) is 45.0 Å². The van der Waals surface area contributed by atoms with Crippen LogP contribution in [-0.2, 0) is 19.4 Å². The molecule has 0 bridgehead atoms. The maximum absolute atomic E-state index is 4.08. The van der Waals surface area contributed by atoms with Crippen molar-refractivity contribution in [3.05, 3.63) is 54.1 Å². The van der Waals surface area contributed by atoms with Crippen LogP contribution in [0.15, 0.2) is 43.0 Å². The van der Waals surface area contributed by atoms with Crippen molar-refractivity contribution in [3.8, 4) is 0 Å². The van der Waals surface area contributed by atoms with Gasteiger partial charge in [-0.25, -0.2) is 4.98 Å². The molecule has 0 N–H and O–H groups in total. The molecule has 0 spiro atoms. The van der Waals surface area contributed by atoms with Crippen LogP contribution >= 0.6 is 0 Å². The van der Waals surface area contributed by atoms with E-state index >= 15 is 0 Å². The first-order valence-electron chi connectivity index (χ1n) is 8.17. The topological polar surface area (TPSA) is 17.8 Å². The Morgan fingerprint density at radius 3 is 2.24 bits per heavy atom. The van der Waals surface area contributed by atoms with Crippen molar-refractivity contribution >= 4 is 0 Å². The predicted octanol–water partition coefficient (Wildman–Crippen LogP) is 4.74. The van der Waals surface area contributed by atoms with Gasteiger partial charge in [-0.05, 0) is 48.6 Å². The summed E-state index contributed by atoms with van der Waals surface area (Å²) in [6.07, 6.45) is 10.7. The third-order valence-electron chi connectivity index (χ3n) is 3.92. The van der Waals surface area contributed by atoms with Crippen LogP contribution in [0.25, 0.3) is 0 Å². The summed E-state index contributed by atoms with van der Waals surface area (Å²) in [6.45, 7) is 7.99. The fourth-order valence-electron chi connectivity index (χ4n) is 2.83. The van der Waals surface area contributed by atoms with Crippen LogP contribution in [0, 0.1) is 11.8 Å². The first-order valence-corrected chi connectivity index (χ1v) is 8.17. The Balaban J connectivity index is 1.72. The molecule has 1 heterocycles. The Hall–Kier alpha value is -1.57. The molecule has 2 aromatic rings. The molecule has 0 saturated carbocycles. The van der Waals surface area contributed by atoms with Crippen molar-refractivity contribution in [2.45, 2.75) is 53.0 Å². The quantitative estimate of drug-likeness (QED) is 0.684. The van der Waals surface area contributed by atoms with Crippen LogP contribution in [-0.4, -0.2) is 9.55 Å². The molecular formula is C19H28N2. The average Bonchev–Trinajstić information content (AvgIpc) is 2.93. The monoisotopic (exact) mass is 284 g/mol. The minimum absolute atomic E-state index is 0.734. The van der Waals surface area contributed by atoms with Crippen molar-refractivity contribution in [1.29, 1.82) is 0 Å². The molecule has 114 valence electrons. The smallest absolute Gasteiger partial charge is 0.0945 e. The zero-order valence-corrected chi connectivity index (χ0v) is 13.6. The fourth-order valence-corrected chi connectivity index (χ4v) is 2.83. The highest BCUT2D eigenvalue weighted by Gasteiger charge is 2.05. The van der Waals surface area contributed by atoms with E-state index in [0.717, 1.165) is 18.4 Å². The lowest BCUT2D eigenvalue weighted by Crippen LogP contribution is -2.03. The predicted molar refractivity (Wildman–Crippen MR) is 89.3 cm³/mol. The molecule has 1 aromatic carbocycles. The van der Waals surface area contributed by atoms with Gasteiger partial charge in [0.25, 0.3) is 0 Å².